The van der Waals surface area contributed by atoms with Gasteiger partial charge in [-0.2, -0.15) is 0 Å². The predicted molar refractivity (Wildman–Crippen MR) is 69.5 cm³/mol. The number of phenols is 2. The van der Waals surface area contributed by atoms with Gasteiger partial charge in [-0.15, -0.1) is 0 Å². The maximum atomic E-state index is 9.84. The van der Waals surface area contributed by atoms with E-state index >= 15 is 0 Å². The molecule has 4 heteroatoms. The predicted octanol–water partition coefficient (Wildman–Crippen LogP) is 1.14. The van der Waals surface area contributed by atoms with Crippen LogP contribution in [0.1, 0.15) is 12.5 Å². The third-order valence-corrected chi connectivity index (χ3v) is 4.50. The van der Waals surface area contributed by atoms with Crippen LogP contribution in [0.4, 0.5) is 0 Å². The first-order valence-corrected chi connectivity index (χ1v) is 6.61. The van der Waals surface area contributed by atoms with Crippen molar-refractivity contribution >= 4 is 0 Å². The number of nitrogens with one attached hydrogen (secondary N) is 1. The Kier molecular flexibility index (Phi) is 2.92. The highest BCUT2D eigenvalue weighted by Crippen LogP contribution is 2.34. The second-order valence-electron chi connectivity index (χ2n) is 5.57. The summed E-state index contributed by atoms with van der Waals surface area (Å²) in [6.07, 6.45) is 0. The van der Waals surface area contributed by atoms with Gasteiger partial charge in [0.1, 0.15) is 11.5 Å². The first-order chi connectivity index (χ1) is 8.65. The van der Waals surface area contributed by atoms with E-state index in [-0.39, 0.29) is 11.5 Å². The van der Waals surface area contributed by atoms with Crippen molar-refractivity contribution in [2.45, 2.75) is 19.5 Å². The fourth-order valence-electron chi connectivity index (χ4n) is 3.37. The first kappa shape index (κ1) is 11.8. The van der Waals surface area contributed by atoms with E-state index in [1.54, 1.807) is 6.07 Å². The molecule has 3 N–H and O–H groups in total. The molecule has 3 atom stereocenters. The van der Waals surface area contributed by atoms with Gasteiger partial charge in [0.2, 0.25) is 0 Å². The quantitative estimate of drug-likeness (QED) is 0.734. The Morgan fingerprint density at radius 1 is 1.33 bits per heavy atom. The molecule has 98 valence electrons. The highest BCUT2D eigenvalue weighted by Gasteiger charge is 2.41. The smallest absolute Gasteiger partial charge is 0.123 e. The van der Waals surface area contributed by atoms with E-state index in [0.29, 0.717) is 6.04 Å². The molecule has 0 radical (unpaired) electrons. The average molecular weight is 248 g/mol. The van der Waals surface area contributed by atoms with Crippen molar-refractivity contribution in [2.24, 2.45) is 11.8 Å². The molecular formula is C14H20N2O2. The number of likely N-dealkylation sites (tertiary alicyclic amines) is 1. The molecule has 2 saturated heterocycles. The fourth-order valence-corrected chi connectivity index (χ4v) is 3.37. The summed E-state index contributed by atoms with van der Waals surface area (Å²) in [4.78, 5) is 2.43. The Bertz CT molecular complexity index is 449. The molecule has 0 aromatic heterocycles. The van der Waals surface area contributed by atoms with Crippen LogP contribution < -0.4 is 5.32 Å². The Morgan fingerprint density at radius 3 is 2.89 bits per heavy atom. The summed E-state index contributed by atoms with van der Waals surface area (Å²) in [5.41, 5.74) is 0.896. The van der Waals surface area contributed by atoms with Crippen molar-refractivity contribution in [1.29, 1.82) is 0 Å². The molecule has 1 aromatic rings. The summed E-state index contributed by atoms with van der Waals surface area (Å²) in [5.74, 6) is 1.80. The van der Waals surface area contributed by atoms with Crippen LogP contribution in [0.5, 0.6) is 11.5 Å². The Morgan fingerprint density at radius 2 is 2.17 bits per heavy atom. The maximum Gasteiger partial charge on any atom is 0.123 e. The fraction of sp³-hybridized carbons (Fsp3) is 0.571. The molecule has 3 unspecified atom stereocenters. The molecule has 0 amide bonds. The van der Waals surface area contributed by atoms with Crippen molar-refractivity contribution in [3.05, 3.63) is 23.8 Å². The van der Waals surface area contributed by atoms with Gasteiger partial charge in [-0.25, -0.2) is 0 Å². The summed E-state index contributed by atoms with van der Waals surface area (Å²) in [7, 11) is 0. The minimum absolute atomic E-state index is 0.117. The molecule has 2 aliphatic heterocycles. The molecule has 0 aliphatic carbocycles. The van der Waals surface area contributed by atoms with E-state index in [0.717, 1.165) is 43.6 Å². The van der Waals surface area contributed by atoms with Crippen molar-refractivity contribution in [3.63, 3.8) is 0 Å². The standard InChI is InChI=1S/C14H20N2O2/c1-9-13-6-15-5-11(13)8-16(9)7-10-2-3-12(17)4-14(10)18/h2-4,9,11,13,15,17-18H,5-8H2,1H3. The molecule has 4 nitrogen and oxygen atoms in total. The maximum absolute atomic E-state index is 9.84. The van der Waals surface area contributed by atoms with Gasteiger partial charge in [-0.05, 0) is 37.9 Å². The average Bonchev–Trinajstić information content (AvgIpc) is 2.88. The number of aromatic hydroxyl groups is 2. The topological polar surface area (TPSA) is 55.7 Å². The van der Waals surface area contributed by atoms with Crippen molar-refractivity contribution in [1.82, 2.24) is 10.2 Å². The third kappa shape index (κ3) is 1.95. The number of benzene rings is 1. The van der Waals surface area contributed by atoms with Crippen molar-refractivity contribution in [3.8, 4) is 11.5 Å². The Labute approximate surface area is 107 Å². The number of hydrogen-bond donors (Lipinski definition) is 3. The van der Waals surface area contributed by atoms with Crippen LogP contribution in [0.15, 0.2) is 18.2 Å². The molecule has 18 heavy (non-hydrogen) atoms. The minimum Gasteiger partial charge on any atom is -0.508 e. The number of hydrogen-bond acceptors (Lipinski definition) is 4. The normalized spacial score (nSPS) is 31.7. The Balaban J connectivity index is 1.73. The molecule has 0 spiro atoms. The van der Waals surface area contributed by atoms with Crippen molar-refractivity contribution in [2.75, 3.05) is 19.6 Å². The number of nitrogens with zero attached hydrogens (tertiary/aromatic N) is 1. The molecule has 0 bridgehead atoms. The second kappa shape index (κ2) is 4.44. The van der Waals surface area contributed by atoms with E-state index in [1.807, 2.05) is 6.07 Å². The zero-order valence-corrected chi connectivity index (χ0v) is 10.6. The number of fused-ring (bicyclic) bond motifs is 1. The lowest BCUT2D eigenvalue weighted by Gasteiger charge is -2.24. The molecule has 2 fully saturated rings. The van der Waals surface area contributed by atoms with Gasteiger partial charge in [-0.1, -0.05) is 6.07 Å². The van der Waals surface area contributed by atoms with Crippen molar-refractivity contribution < 1.29 is 10.2 Å². The molecule has 2 aliphatic rings. The highest BCUT2D eigenvalue weighted by atomic mass is 16.3. The lowest BCUT2D eigenvalue weighted by Crippen LogP contribution is -2.32. The largest absolute Gasteiger partial charge is 0.508 e. The number of phenolic OH excluding ortho intramolecular Hbond substituents is 2. The van der Waals surface area contributed by atoms with E-state index in [2.05, 4.69) is 17.1 Å². The summed E-state index contributed by atoms with van der Waals surface area (Å²) in [5, 5.41) is 22.6. The lowest BCUT2D eigenvalue weighted by atomic mass is 9.95. The van der Waals surface area contributed by atoms with Crippen LogP contribution in [0.25, 0.3) is 0 Å². The van der Waals surface area contributed by atoms with E-state index in [4.69, 9.17) is 0 Å². The summed E-state index contributed by atoms with van der Waals surface area (Å²) in [6.45, 7) is 6.37. The van der Waals surface area contributed by atoms with Crippen LogP contribution in [0.2, 0.25) is 0 Å². The zero-order valence-electron chi connectivity index (χ0n) is 10.6. The van der Waals surface area contributed by atoms with Gasteiger partial charge < -0.3 is 15.5 Å². The van der Waals surface area contributed by atoms with Gasteiger partial charge in [-0.3, -0.25) is 4.90 Å². The summed E-state index contributed by atoms with van der Waals surface area (Å²) >= 11 is 0. The van der Waals surface area contributed by atoms with Gasteiger partial charge in [0, 0.05) is 30.8 Å². The van der Waals surface area contributed by atoms with Gasteiger partial charge in [0.15, 0.2) is 0 Å². The van der Waals surface area contributed by atoms with E-state index in [9.17, 15) is 10.2 Å². The highest BCUT2D eigenvalue weighted by molar-refractivity contribution is 5.38. The van der Waals surface area contributed by atoms with Crippen LogP contribution >= 0.6 is 0 Å². The van der Waals surface area contributed by atoms with Gasteiger partial charge in [0.05, 0.1) is 0 Å². The molecule has 1 aromatic carbocycles. The lowest BCUT2D eigenvalue weighted by molar-refractivity contribution is 0.228. The van der Waals surface area contributed by atoms with Crippen LogP contribution in [0, 0.1) is 11.8 Å². The molecule has 3 rings (SSSR count). The molecule has 0 saturated carbocycles. The monoisotopic (exact) mass is 248 g/mol. The molecular weight excluding hydrogens is 228 g/mol. The van der Waals surface area contributed by atoms with E-state index < -0.39 is 0 Å². The number of rotatable bonds is 2. The van der Waals surface area contributed by atoms with Crippen LogP contribution in [-0.4, -0.2) is 40.8 Å². The van der Waals surface area contributed by atoms with Gasteiger partial charge >= 0.3 is 0 Å². The summed E-state index contributed by atoms with van der Waals surface area (Å²) < 4.78 is 0. The van der Waals surface area contributed by atoms with E-state index in [1.165, 1.54) is 6.07 Å². The zero-order chi connectivity index (χ0) is 12.7. The third-order valence-electron chi connectivity index (χ3n) is 4.50. The Hall–Kier alpha value is -1.26. The van der Waals surface area contributed by atoms with Crippen LogP contribution in [0.3, 0.4) is 0 Å². The minimum atomic E-state index is 0.117. The van der Waals surface area contributed by atoms with Crippen LogP contribution in [-0.2, 0) is 6.54 Å². The summed E-state index contributed by atoms with van der Waals surface area (Å²) in [6, 6.07) is 5.42. The SMILES string of the molecule is CC1C2CNCC2CN1Cc1ccc(O)cc1O. The second-order valence-corrected chi connectivity index (χ2v) is 5.57. The molecule has 2 heterocycles. The van der Waals surface area contributed by atoms with Gasteiger partial charge in [0.25, 0.3) is 0 Å². The first-order valence-electron chi connectivity index (χ1n) is 6.61.